The summed E-state index contributed by atoms with van der Waals surface area (Å²) in [5.41, 5.74) is 0.225. The van der Waals surface area contributed by atoms with Crippen molar-refractivity contribution in [2.24, 2.45) is 0 Å². The number of allylic oxidation sites excluding steroid dienone is 1. The van der Waals surface area contributed by atoms with Gasteiger partial charge in [-0.3, -0.25) is 0 Å². The summed E-state index contributed by atoms with van der Waals surface area (Å²) >= 11 is 0. The molecule has 1 aromatic rings. The number of hydrogen-bond acceptors (Lipinski definition) is 0. The largest absolute Gasteiger partial charge is 0.416 e. The van der Waals surface area contributed by atoms with Crippen LogP contribution in [-0.2, 0) is 12.6 Å². The van der Waals surface area contributed by atoms with E-state index in [1.54, 1.807) is 6.08 Å². The van der Waals surface area contributed by atoms with E-state index in [1.807, 2.05) is 13.8 Å². The molecule has 1 aromatic carbocycles. The van der Waals surface area contributed by atoms with Crippen molar-refractivity contribution in [3.63, 3.8) is 0 Å². The highest BCUT2D eigenvalue weighted by Crippen LogP contribution is 2.29. The fraction of sp³-hybridized carbons (Fsp3) is 0.333. The van der Waals surface area contributed by atoms with Gasteiger partial charge in [0.15, 0.2) is 0 Å². The van der Waals surface area contributed by atoms with E-state index in [4.69, 9.17) is 0 Å². The van der Waals surface area contributed by atoms with Crippen LogP contribution in [0.1, 0.15) is 25.0 Å². The Morgan fingerprint density at radius 3 is 1.93 bits per heavy atom. The van der Waals surface area contributed by atoms with Crippen LogP contribution in [0.25, 0.3) is 0 Å². The summed E-state index contributed by atoms with van der Waals surface area (Å²) in [5, 5.41) is 0. The van der Waals surface area contributed by atoms with Crippen LogP contribution < -0.4 is 0 Å². The van der Waals surface area contributed by atoms with Gasteiger partial charge in [0.2, 0.25) is 0 Å². The first-order valence-corrected chi connectivity index (χ1v) is 4.81. The summed E-state index contributed by atoms with van der Waals surface area (Å²) in [5.74, 6) is 0. The molecule has 0 nitrogen and oxygen atoms in total. The average molecular weight is 216 g/mol. The molecule has 0 spiro atoms. The molecule has 0 saturated heterocycles. The number of hydrogen-bond donors (Lipinski definition) is 0. The smallest absolute Gasteiger partial charge is 0.166 e. The Morgan fingerprint density at radius 1 is 1.13 bits per heavy atom. The van der Waals surface area contributed by atoms with Crippen LogP contribution in [0.2, 0.25) is 0 Å². The molecule has 0 atom stereocenters. The van der Waals surface area contributed by atoms with Crippen LogP contribution in [0.15, 0.2) is 36.9 Å². The molecule has 0 amide bonds. The maximum atomic E-state index is 12.1. The van der Waals surface area contributed by atoms with Gasteiger partial charge >= 0.3 is 6.18 Å². The molecule has 0 saturated carbocycles. The molecule has 0 unspecified atom stereocenters. The zero-order chi connectivity index (χ0) is 11.9. The van der Waals surface area contributed by atoms with Crippen molar-refractivity contribution >= 4 is 0 Å². The third kappa shape index (κ3) is 4.68. The van der Waals surface area contributed by atoms with E-state index >= 15 is 0 Å². The van der Waals surface area contributed by atoms with Gasteiger partial charge in [-0.05, 0) is 24.1 Å². The Hall–Kier alpha value is -1.25. The molecule has 0 N–H and O–H groups in total. The highest BCUT2D eigenvalue weighted by molar-refractivity contribution is 5.25. The summed E-state index contributed by atoms with van der Waals surface area (Å²) < 4.78 is 36.3. The molecule has 0 aliphatic rings. The zero-order valence-corrected chi connectivity index (χ0v) is 8.93. The number of rotatable bonds is 2. The third-order valence-electron chi connectivity index (χ3n) is 1.66. The Morgan fingerprint density at radius 2 is 1.60 bits per heavy atom. The monoisotopic (exact) mass is 216 g/mol. The Labute approximate surface area is 88.4 Å². The fourth-order valence-electron chi connectivity index (χ4n) is 0.996. The van der Waals surface area contributed by atoms with E-state index in [-0.39, 0.29) is 0 Å². The molecule has 0 aliphatic carbocycles. The van der Waals surface area contributed by atoms with Crippen LogP contribution in [0.5, 0.6) is 0 Å². The van der Waals surface area contributed by atoms with Crippen molar-refractivity contribution in [2.45, 2.75) is 26.4 Å². The van der Waals surface area contributed by atoms with Crippen molar-refractivity contribution < 1.29 is 13.2 Å². The van der Waals surface area contributed by atoms with E-state index < -0.39 is 11.7 Å². The minimum absolute atomic E-state index is 0.595. The molecule has 0 heterocycles. The molecule has 0 fully saturated rings. The number of benzene rings is 1. The fourth-order valence-corrected chi connectivity index (χ4v) is 0.996. The van der Waals surface area contributed by atoms with Crippen LogP contribution in [0.4, 0.5) is 13.2 Å². The van der Waals surface area contributed by atoms with Crippen molar-refractivity contribution in [1.82, 2.24) is 0 Å². The maximum Gasteiger partial charge on any atom is 0.416 e. The lowest BCUT2D eigenvalue weighted by atomic mass is 10.1. The second-order valence-electron chi connectivity index (χ2n) is 2.69. The second-order valence-corrected chi connectivity index (χ2v) is 2.69. The quantitative estimate of drug-likeness (QED) is 0.640. The lowest BCUT2D eigenvalue weighted by Gasteiger charge is -2.06. The summed E-state index contributed by atoms with van der Waals surface area (Å²) in [6.07, 6.45) is -1.99. The predicted molar refractivity (Wildman–Crippen MR) is 56.7 cm³/mol. The van der Waals surface area contributed by atoms with Crippen molar-refractivity contribution in [2.75, 3.05) is 0 Å². The maximum absolute atomic E-state index is 12.1. The Bertz CT molecular complexity index is 283. The molecular formula is C12H15F3. The van der Waals surface area contributed by atoms with Gasteiger partial charge in [-0.1, -0.05) is 32.1 Å². The molecule has 3 heteroatoms. The molecule has 0 radical (unpaired) electrons. The summed E-state index contributed by atoms with van der Waals surface area (Å²) in [6, 6.07) is 5.09. The van der Waals surface area contributed by atoms with E-state index in [0.29, 0.717) is 6.42 Å². The van der Waals surface area contributed by atoms with Gasteiger partial charge in [0.05, 0.1) is 5.56 Å². The molecule has 0 aromatic heterocycles. The van der Waals surface area contributed by atoms with Gasteiger partial charge in [-0.15, -0.1) is 6.58 Å². The first-order valence-electron chi connectivity index (χ1n) is 4.81. The van der Waals surface area contributed by atoms with E-state index in [0.717, 1.165) is 17.7 Å². The van der Waals surface area contributed by atoms with Crippen LogP contribution >= 0.6 is 0 Å². The number of halogens is 3. The first-order chi connectivity index (χ1) is 7.04. The van der Waals surface area contributed by atoms with Gasteiger partial charge in [0.25, 0.3) is 0 Å². The Kier molecular flexibility index (Phi) is 5.75. The molecule has 84 valence electrons. The lowest BCUT2D eigenvalue weighted by Crippen LogP contribution is -2.04. The van der Waals surface area contributed by atoms with E-state index in [9.17, 15) is 13.2 Å². The van der Waals surface area contributed by atoms with E-state index in [1.165, 1.54) is 12.1 Å². The first kappa shape index (κ1) is 13.8. The molecule has 1 rings (SSSR count). The van der Waals surface area contributed by atoms with E-state index in [2.05, 4.69) is 6.58 Å². The molecular weight excluding hydrogens is 201 g/mol. The summed E-state index contributed by atoms with van der Waals surface area (Å²) in [4.78, 5) is 0. The molecule has 0 bridgehead atoms. The normalized spacial score (nSPS) is 10.2. The van der Waals surface area contributed by atoms with Crippen LogP contribution in [0, 0.1) is 0 Å². The van der Waals surface area contributed by atoms with Gasteiger partial charge in [-0.2, -0.15) is 13.2 Å². The molecule has 15 heavy (non-hydrogen) atoms. The summed E-state index contributed by atoms with van der Waals surface area (Å²) in [6.45, 7) is 7.50. The van der Waals surface area contributed by atoms with Crippen LogP contribution in [0.3, 0.4) is 0 Å². The second kappa shape index (κ2) is 6.27. The lowest BCUT2D eigenvalue weighted by molar-refractivity contribution is -0.137. The van der Waals surface area contributed by atoms with Gasteiger partial charge in [-0.25, -0.2) is 0 Å². The topological polar surface area (TPSA) is 0 Å². The Balaban J connectivity index is 0.000000921. The zero-order valence-electron chi connectivity index (χ0n) is 8.93. The van der Waals surface area contributed by atoms with Crippen molar-refractivity contribution in [3.8, 4) is 0 Å². The molecule has 0 aliphatic heterocycles. The van der Waals surface area contributed by atoms with Gasteiger partial charge in [0, 0.05) is 0 Å². The standard InChI is InChI=1S/C10H9F3.C2H6/c1-2-3-8-4-6-9(7-5-8)10(11,12)13;1-2/h2,4-7H,1,3H2;1-2H3. The number of alkyl halides is 3. The van der Waals surface area contributed by atoms with Crippen molar-refractivity contribution in [3.05, 3.63) is 48.0 Å². The third-order valence-corrected chi connectivity index (χ3v) is 1.66. The minimum Gasteiger partial charge on any atom is -0.166 e. The van der Waals surface area contributed by atoms with Gasteiger partial charge in [0.1, 0.15) is 0 Å². The highest BCUT2D eigenvalue weighted by atomic mass is 19.4. The minimum atomic E-state index is -4.24. The van der Waals surface area contributed by atoms with Crippen molar-refractivity contribution in [1.29, 1.82) is 0 Å². The summed E-state index contributed by atoms with van der Waals surface area (Å²) in [7, 11) is 0. The highest BCUT2D eigenvalue weighted by Gasteiger charge is 2.29. The van der Waals surface area contributed by atoms with Crippen LogP contribution in [-0.4, -0.2) is 0 Å². The van der Waals surface area contributed by atoms with Gasteiger partial charge < -0.3 is 0 Å². The average Bonchev–Trinajstić information content (AvgIpc) is 2.21. The predicted octanol–water partition coefficient (Wildman–Crippen LogP) is 4.46. The SMILES string of the molecule is C=CCc1ccc(C(F)(F)F)cc1.CC.